The summed E-state index contributed by atoms with van der Waals surface area (Å²) in [5.41, 5.74) is 5.17. The Morgan fingerprint density at radius 3 is 2.17 bits per heavy atom. The number of hydrogen-bond acceptors (Lipinski definition) is 5. The minimum absolute atomic E-state index is 0.322. The number of halogens is 1. The van der Waals surface area contributed by atoms with Gasteiger partial charge < -0.3 is 4.74 Å². The molecule has 4 rings (SSSR count). The van der Waals surface area contributed by atoms with Crippen molar-refractivity contribution in [2.75, 3.05) is 0 Å². The van der Waals surface area contributed by atoms with Gasteiger partial charge in [0, 0.05) is 27.7 Å². The van der Waals surface area contributed by atoms with E-state index in [0.29, 0.717) is 5.75 Å². The van der Waals surface area contributed by atoms with Crippen LogP contribution in [0.5, 0.6) is 5.75 Å². The summed E-state index contributed by atoms with van der Waals surface area (Å²) in [6, 6.07) is 23.9. The highest BCUT2D eigenvalue weighted by Crippen LogP contribution is 2.27. The SMILES string of the molecule is CC(=O)Oc1ccc(-c2ccc(C=Nc3nc(-c4ccc(I)cc4)cs3)cc2)cc1. The summed E-state index contributed by atoms with van der Waals surface area (Å²) >= 11 is 3.82. The second-order valence-corrected chi connectivity index (χ2v) is 8.60. The fraction of sp³-hybridized carbons (Fsp3) is 0.0417. The summed E-state index contributed by atoms with van der Waals surface area (Å²) < 4.78 is 6.27. The van der Waals surface area contributed by atoms with Crippen molar-refractivity contribution in [2.24, 2.45) is 4.99 Å². The number of hydrogen-bond donors (Lipinski definition) is 0. The molecular weight excluding hydrogens is 507 g/mol. The highest BCUT2D eigenvalue weighted by Gasteiger charge is 2.04. The molecule has 0 aliphatic rings. The molecule has 0 saturated heterocycles. The summed E-state index contributed by atoms with van der Waals surface area (Å²) in [5.74, 6) is 0.223. The lowest BCUT2D eigenvalue weighted by Crippen LogP contribution is -2.00. The molecule has 4 aromatic rings. The van der Waals surface area contributed by atoms with E-state index >= 15 is 0 Å². The van der Waals surface area contributed by atoms with Crippen LogP contribution in [-0.4, -0.2) is 17.2 Å². The van der Waals surface area contributed by atoms with Crippen LogP contribution in [0.4, 0.5) is 5.13 Å². The Hall–Kier alpha value is -2.84. The van der Waals surface area contributed by atoms with Crippen molar-refractivity contribution >= 4 is 51.2 Å². The molecular formula is C24H17IN2O2S. The van der Waals surface area contributed by atoms with Crippen LogP contribution >= 0.6 is 33.9 Å². The molecule has 0 bridgehead atoms. The normalized spacial score (nSPS) is 11.0. The number of aliphatic imine (C=N–C) groups is 1. The molecule has 0 aliphatic carbocycles. The van der Waals surface area contributed by atoms with Gasteiger partial charge in [0.1, 0.15) is 5.75 Å². The van der Waals surface area contributed by atoms with Gasteiger partial charge in [-0.15, -0.1) is 11.3 Å². The standard InChI is InChI=1S/C24H17IN2O2S/c1-16(28)29-22-12-8-19(9-13-22)18-4-2-17(3-5-18)14-26-24-27-23(15-30-24)20-6-10-21(25)11-7-20/h2-15H,1H3. The first kappa shape index (κ1) is 20.4. The zero-order valence-electron chi connectivity index (χ0n) is 16.1. The molecule has 4 nitrogen and oxygen atoms in total. The number of nitrogens with zero attached hydrogens (tertiary/aromatic N) is 2. The maximum absolute atomic E-state index is 11.0. The van der Waals surface area contributed by atoms with Gasteiger partial charge in [-0.1, -0.05) is 48.5 Å². The monoisotopic (exact) mass is 524 g/mol. The van der Waals surface area contributed by atoms with Crippen molar-refractivity contribution in [1.82, 2.24) is 4.98 Å². The van der Waals surface area contributed by atoms with Gasteiger partial charge in [-0.05, 0) is 63.5 Å². The Morgan fingerprint density at radius 1 is 0.933 bits per heavy atom. The third-order valence-electron chi connectivity index (χ3n) is 4.32. The highest BCUT2D eigenvalue weighted by atomic mass is 127. The number of thiazole rings is 1. The van der Waals surface area contributed by atoms with E-state index in [-0.39, 0.29) is 5.97 Å². The Bertz CT molecular complexity index is 1180. The van der Waals surface area contributed by atoms with Crippen LogP contribution in [0.15, 0.2) is 83.2 Å². The van der Waals surface area contributed by atoms with Crippen molar-refractivity contribution in [2.45, 2.75) is 6.92 Å². The Morgan fingerprint density at radius 2 is 1.53 bits per heavy atom. The number of ether oxygens (including phenoxy) is 1. The van der Waals surface area contributed by atoms with E-state index in [4.69, 9.17) is 4.74 Å². The van der Waals surface area contributed by atoms with Crippen LogP contribution in [0, 0.1) is 3.57 Å². The minimum Gasteiger partial charge on any atom is -0.427 e. The quantitative estimate of drug-likeness (QED) is 0.126. The van der Waals surface area contributed by atoms with Gasteiger partial charge in [-0.25, -0.2) is 9.98 Å². The molecule has 0 atom stereocenters. The highest BCUT2D eigenvalue weighted by molar-refractivity contribution is 14.1. The van der Waals surface area contributed by atoms with E-state index in [1.54, 1.807) is 12.1 Å². The van der Waals surface area contributed by atoms with E-state index in [2.05, 4.69) is 56.8 Å². The topological polar surface area (TPSA) is 51.5 Å². The molecule has 0 N–H and O–H groups in total. The number of rotatable bonds is 5. The van der Waals surface area contributed by atoms with E-state index < -0.39 is 0 Å². The first-order valence-electron chi connectivity index (χ1n) is 9.21. The van der Waals surface area contributed by atoms with Crippen LogP contribution in [0.2, 0.25) is 0 Å². The molecule has 1 aromatic heterocycles. The molecule has 0 spiro atoms. The third-order valence-corrected chi connectivity index (χ3v) is 5.78. The van der Waals surface area contributed by atoms with Gasteiger partial charge in [-0.2, -0.15) is 0 Å². The first-order chi connectivity index (χ1) is 14.6. The summed E-state index contributed by atoms with van der Waals surface area (Å²) in [6.45, 7) is 1.39. The molecule has 3 aromatic carbocycles. The molecule has 0 unspecified atom stereocenters. The summed E-state index contributed by atoms with van der Waals surface area (Å²) in [4.78, 5) is 20.1. The van der Waals surface area contributed by atoms with E-state index in [9.17, 15) is 4.79 Å². The number of aromatic nitrogens is 1. The third kappa shape index (κ3) is 5.20. The zero-order valence-corrected chi connectivity index (χ0v) is 19.1. The van der Waals surface area contributed by atoms with Crippen molar-refractivity contribution in [1.29, 1.82) is 0 Å². The first-order valence-corrected chi connectivity index (χ1v) is 11.2. The second-order valence-electron chi connectivity index (χ2n) is 6.52. The van der Waals surface area contributed by atoms with Crippen LogP contribution in [0.25, 0.3) is 22.4 Å². The smallest absolute Gasteiger partial charge is 0.308 e. The van der Waals surface area contributed by atoms with Crippen LogP contribution < -0.4 is 4.74 Å². The maximum Gasteiger partial charge on any atom is 0.308 e. The van der Waals surface area contributed by atoms with Crippen LogP contribution in [0.1, 0.15) is 12.5 Å². The molecule has 148 valence electrons. The van der Waals surface area contributed by atoms with Gasteiger partial charge >= 0.3 is 5.97 Å². The van der Waals surface area contributed by atoms with Gasteiger partial charge in [0.15, 0.2) is 0 Å². The molecule has 1 heterocycles. The average molecular weight is 524 g/mol. The minimum atomic E-state index is -0.322. The maximum atomic E-state index is 11.0. The zero-order chi connectivity index (χ0) is 20.9. The van der Waals surface area contributed by atoms with Crippen LogP contribution in [-0.2, 0) is 4.79 Å². The fourth-order valence-electron chi connectivity index (χ4n) is 2.85. The Labute approximate surface area is 192 Å². The number of carbonyl (C=O) groups is 1. The molecule has 0 amide bonds. The van der Waals surface area contributed by atoms with Crippen LogP contribution in [0.3, 0.4) is 0 Å². The summed E-state index contributed by atoms with van der Waals surface area (Å²) in [7, 11) is 0. The largest absolute Gasteiger partial charge is 0.427 e. The summed E-state index contributed by atoms with van der Waals surface area (Å²) in [5, 5.41) is 2.76. The molecule has 0 saturated carbocycles. The van der Waals surface area contributed by atoms with Crippen molar-refractivity contribution in [3.05, 3.63) is 87.3 Å². The second kappa shape index (κ2) is 9.32. The van der Waals surface area contributed by atoms with Gasteiger partial charge in [-0.3, -0.25) is 4.79 Å². The molecule has 0 fully saturated rings. The van der Waals surface area contributed by atoms with Gasteiger partial charge in [0.05, 0.1) is 5.69 Å². The van der Waals surface area contributed by atoms with Crippen molar-refractivity contribution < 1.29 is 9.53 Å². The molecule has 0 aliphatic heterocycles. The fourth-order valence-corrected chi connectivity index (χ4v) is 3.88. The predicted molar refractivity (Wildman–Crippen MR) is 131 cm³/mol. The predicted octanol–water partition coefficient (Wildman–Crippen LogP) is 6.76. The number of carbonyl (C=O) groups excluding carboxylic acids is 1. The lowest BCUT2D eigenvalue weighted by molar-refractivity contribution is -0.131. The van der Waals surface area contributed by atoms with E-state index in [1.165, 1.54) is 21.8 Å². The van der Waals surface area contributed by atoms with Crippen molar-refractivity contribution in [3.8, 4) is 28.1 Å². The summed E-state index contributed by atoms with van der Waals surface area (Å²) in [6.07, 6.45) is 1.82. The molecule has 30 heavy (non-hydrogen) atoms. The number of esters is 1. The van der Waals surface area contributed by atoms with Gasteiger partial charge in [0.25, 0.3) is 0 Å². The lowest BCUT2D eigenvalue weighted by atomic mass is 10.0. The Balaban J connectivity index is 1.44. The van der Waals surface area contributed by atoms with Gasteiger partial charge in [0.2, 0.25) is 5.13 Å². The lowest BCUT2D eigenvalue weighted by Gasteiger charge is -2.04. The molecule has 6 heteroatoms. The molecule has 0 radical (unpaired) electrons. The average Bonchev–Trinajstić information content (AvgIpc) is 3.22. The Kier molecular flexibility index (Phi) is 6.35. The van der Waals surface area contributed by atoms with E-state index in [0.717, 1.165) is 33.1 Å². The van der Waals surface area contributed by atoms with Crippen molar-refractivity contribution in [3.63, 3.8) is 0 Å². The number of benzene rings is 3. The van der Waals surface area contributed by atoms with E-state index in [1.807, 2.05) is 48.0 Å².